The van der Waals surface area contributed by atoms with Crippen LogP contribution in [0.4, 0.5) is 0 Å². The molecular weight excluding hydrogens is 126 g/mol. The van der Waals surface area contributed by atoms with Crippen molar-refractivity contribution in [1.29, 1.82) is 0 Å². The number of rotatable bonds is 4. The highest BCUT2D eigenvalue weighted by molar-refractivity contribution is 7.97. The lowest BCUT2D eigenvalue weighted by atomic mass is 10.4. The third kappa shape index (κ3) is 6.66. The standard InChI is InChI=1S/C4H11NS2/c5-7-4-2-1-3-6/h6H,1-5H2. The largest absolute Gasteiger partial charge is 0.278 e. The van der Waals surface area contributed by atoms with Gasteiger partial charge >= 0.3 is 0 Å². The maximum atomic E-state index is 5.16. The molecule has 44 valence electrons. The van der Waals surface area contributed by atoms with Crippen molar-refractivity contribution >= 4 is 24.6 Å². The minimum Gasteiger partial charge on any atom is -0.278 e. The first kappa shape index (κ1) is 7.66. The molecule has 0 saturated carbocycles. The summed E-state index contributed by atoms with van der Waals surface area (Å²) in [6.45, 7) is 0. The highest BCUT2D eigenvalue weighted by Gasteiger charge is 1.81. The fraction of sp³-hybridized carbons (Fsp3) is 1.00. The normalized spacial score (nSPS) is 9.43. The lowest BCUT2D eigenvalue weighted by Gasteiger charge is -1.90. The summed E-state index contributed by atoms with van der Waals surface area (Å²) in [7, 11) is 0. The van der Waals surface area contributed by atoms with Gasteiger partial charge < -0.3 is 0 Å². The van der Waals surface area contributed by atoms with Crippen LogP contribution in [0.15, 0.2) is 0 Å². The number of hydrogen-bond acceptors (Lipinski definition) is 3. The van der Waals surface area contributed by atoms with Crippen molar-refractivity contribution in [3.05, 3.63) is 0 Å². The molecule has 3 heteroatoms. The molecular formula is C4H11NS2. The Kier molecular flexibility index (Phi) is 7.29. The second-order valence-corrected chi connectivity index (χ2v) is 2.49. The van der Waals surface area contributed by atoms with Gasteiger partial charge in [0.05, 0.1) is 0 Å². The zero-order valence-electron chi connectivity index (χ0n) is 4.26. The van der Waals surface area contributed by atoms with Crippen molar-refractivity contribution in [2.45, 2.75) is 12.8 Å². The number of hydrogen-bond donors (Lipinski definition) is 2. The van der Waals surface area contributed by atoms with E-state index in [4.69, 9.17) is 5.14 Å². The van der Waals surface area contributed by atoms with E-state index in [1.54, 1.807) is 0 Å². The lowest BCUT2D eigenvalue weighted by molar-refractivity contribution is 0.910. The van der Waals surface area contributed by atoms with Crippen LogP contribution in [0.25, 0.3) is 0 Å². The third-order valence-corrected chi connectivity index (χ3v) is 1.51. The van der Waals surface area contributed by atoms with Crippen LogP contribution in [0.1, 0.15) is 12.8 Å². The van der Waals surface area contributed by atoms with Crippen LogP contribution >= 0.6 is 24.6 Å². The molecule has 0 unspecified atom stereocenters. The predicted octanol–water partition coefficient (Wildman–Crippen LogP) is 1.30. The molecule has 0 amide bonds. The second-order valence-electron chi connectivity index (χ2n) is 1.30. The van der Waals surface area contributed by atoms with E-state index in [1.807, 2.05) is 0 Å². The van der Waals surface area contributed by atoms with Crippen LogP contribution in [-0.2, 0) is 0 Å². The molecule has 0 bridgehead atoms. The molecule has 0 heterocycles. The Morgan fingerprint density at radius 1 is 1.43 bits per heavy atom. The zero-order chi connectivity index (χ0) is 5.54. The van der Waals surface area contributed by atoms with Crippen molar-refractivity contribution in [3.63, 3.8) is 0 Å². The van der Waals surface area contributed by atoms with Crippen LogP contribution in [0.2, 0.25) is 0 Å². The second kappa shape index (κ2) is 6.66. The minimum absolute atomic E-state index is 0.987. The topological polar surface area (TPSA) is 26.0 Å². The molecule has 0 aromatic rings. The quantitative estimate of drug-likeness (QED) is 0.347. The van der Waals surface area contributed by atoms with E-state index in [0.29, 0.717) is 0 Å². The van der Waals surface area contributed by atoms with Gasteiger partial charge in [-0.05, 0) is 18.6 Å². The maximum Gasteiger partial charge on any atom is 0.00767 e. The first-order valence-electron chi connectivity index (χ1n) is 2.34. The molecule has 0 rings (SSSR count). The Morgan fingerprint density at radius 3 is 2.57 bits per heavy atom. The van der Waals surface area contributed by atoms with Crippen molar-refractivity contribution in [3.8, 4) is 0 Å². The minimum atomic E-state index is 0.987. The predicted molar refractivity (Wildman–Crippen MR) is 39.7 cm³/mol. The van der Waals surface area contributed by atoms with Gasteiger partial charge in [-0.15, -0.1) is 0 Å². The van der Waals surface area contributed by atoms with Crippen LogP contribution in [0, 0.1) is 0 Å². The van der Waals surface area contributed by atoms with Gasteiger partial charge in [0.25, 0.3) is 0 Å². The van der Waals surface area contributed by atoms with Gasteiger partial charge in [-0.25, -0.2) is 0 Å². The summed E-state index contributed by atoms with van der Waals surface area (Å²) in [6, 6.07) is 0. The zero-order valence-corrected chi connectivity index (χ0v) is 5.97. The molecule has 0 aromatic heterocycles. The van der Waals surface area contributed by atoms with Gasteiger partial charge in [0.1, 0.15) is 0 Å². The highest BCUT2D eigenvalue weighted by atomic mass is 32.2. The van der Waals surface area contributed by atoms with Crippen LogP contribution < -0.4 is 5.14 Å². The third-order valence-electron chi connectivity index (χ3n) is 0.670. The fourth-order valence-corrected chi connectivity index (χ4v) is 0.892. The van der Waals surface area contributed by atoms with Crippen LogP contribution in [0.3, 0.4) is 0 Å². The van der Waals surface area contributed by atoms with E-state index in [2.05, 4.69) is 12.6 Å². The van der Waals surface area contributed by atoms with E-state index in [-0.39, 0.29) is 0 Å². The number of unbranched alkanes of at least 4 members (excludes halogenated alkanes) is 1. The molecule has 2 N–H and O–H groups in total. The van der Waals surface area contributed by atoms with Gasteiger partial charge in [-0.2, -0.15) is 12.6 Å². The first-order chi connectivity index (χ1) is 3.41. The van der Waals surface area contributed by atoms with E-state index in [9.17, 15) is 0 Å². The number of nitrogens with two attached hydrogens (primary N) is 1. The Labute approximate surface area is 54.6 Å². The smallest absolute Gasteiger partial charge is 0.00767 e. The number of thiol groups is 1. The molecule has 7 heavy (non-hydrogen) atoms. The molecule has 0 fully saturated rings. The molecule has 0 aliphatic carbocycles. The Morgan fingerprint density at radius 2 is 2.14 bits per heavy atom. The molecule has 0 spiro atoms. The van der Waals surface area contributed by atoms with Gasteiger partial charge in [-0.3, -0.25) is 5.14 Å². The molecule has 0 radical (unpaired) electrons. The van der Waals surface area contributed by atoms with Gasteiger partial charge in [0.2, 0.25) is 0 Å². The summed E-state index contributed by atoms with van der Waals surface area (Å²) in [5.74, 6) is 2.06. The van der Waals surface area contributed by atoms with Crippen molar-refractivity contribution in [1.82, 2.24) is 0 Å². The van der Waals surface area contributed by atoms with Crippen molar-refractivity contribution < 1.29 is 0 Å². The summed E-state index contributed by atoms with van der Waals surface area (Å²) in [5.41, 5.74) is 0. The summed E-state index contributed by atoms with van der Waals surface area (Å²) in [5, 5.41) is 5.16. The van der Waals surface area contributed by atoms with Gasteiger partial charge in [-0.1, -0.05) is 11.9 Å². The average Bonchev–Trinajstić information content (AvgIpc) is 1.69. The first-order valence-corrected chi connectivity index (χ1v) is 4.02. The Hall–Kier alpha value is 0.660. The van der Waals surface area contributed by atoms with Crippen LogP contribution in [-0.4, -0.2) is 11.5 Å². The molecule has 0 saturated heterocycles. The summed E-state index contributed by atoms with van der Waals surface area (Å²) in [4.78, 5) is 0. The van der Waals surface area contributed by atoms with Gasteiger partial charge in [0, 0.05) is 5.75 Å². The van der Waals surface area contributed by atoms with E-state index in [0.717, 1.165) is 11.5 Å². The van der Waals surface area contributed by atoms with E-state index >= 15 is 0 Å². The molecule has 0 aromatic carbocycles. The van der Waals surface area contributed by atoms with Crippen molar-refractivity contribution in [2.75, 3.05) is 11.5 Å². The van der Waals surface area contributed by atoms with E-state index in [1.165, 1.54) is 24.8 Å². The molecule has 1 nitrogen and oxygen atoms in total. The monoisotopic (exact) mass is 137 g/mol. The van der Waals surface area contributed by atoms with Crippen LogP contribution in [0.5, 0.6) is 0 Å². The Bertz CT molecular complexity index is 28.9. The average molecular weight is 137 g/mol. The van der Waals surface area contributed by atoms with E-state index < -0.39 is 0 Å². The Balaban J connectivity index is 2.45. The maximum absolute atomic E-state index is 5.16. The fourth-order valence-electron chi connectivity index (χ4n) is 0.297. The van der Waals surface area contributed by atoms with Crippen molar-refractivity contribution in [2.24, 2.45) is 5.14 Å². The summed E-state index contributed by atoms with van der Waals surface area (Å²) < 4.78 is 0. The molecule has 0 aliphatic rings. The molecule has 0 aliphatic heterocycles. The summed E-state index contributed by atoms with van der Waals surface area (Å²) in [6.07, 6.45) is 2.39. The molecule has 0 atom stereocenters. The highest BCUT2D eigenvalue weighted by Crippen LogP contribution is 1.96. The van der Waals surface area contributed by atoms with Gasteiger partial charge in [0.15, 0.2) is 0 Å². The summed E-state index contributed by atoms with van der Waals surface area (Å²) >= 11 is 5.45. The lowest BCUT2D eigenvalue weighted by Crippen LogP contribution is -1.85. The SMILES string of the molecule is NSCCCCS.